The summed E-state index contributed by atoms with van der Waals surface area (Å²) in [6, 6.07) is 3.17. The van der Waals surface area contributed by atoms with Crippen molar-refractivity contribution in [2.45, 2.75) is 6.42 Å². The second-order valence-electron chi connectivity index (χ2n) is 4.17. The molecule has 0 aliphatic heterocycles. The first-order valence-corrected chi connectivity index (χ1v) is 5.82. The maximum absolute atomic E-state index is 11.4. The van der Waals surface area contributed by atoms with E-state index in [9.17, 15) is 9.59 Å². The molecule has 18 heavy (non-hydrogen) atoms. The minimum Gasteiger partial charge on any atom is -0.459 e. The third kappa shape index (κ3) is 5.49. The predicted octanol–water partition coefficient (Wildman–Crippen LogP) is 0.0773. The largest absolute Gasteiger partial charge is 0.459 e. The first-order valence-electron chi connectivity index (χ1n) is 5.82. The summed E-state index contributed by atoms with van der Waals surface area (Å²) in [5.74, 6) is -0.382. The summed E-state index contributed by atoms with van der Waals surface area (Å²) in [6.07, 6.45) is 2.29. The SMILES string of the molecule is CN(C)CCCNC(=O)CNC(=O)c1ccco1. The van der Waals surface area contributed by atoms with Gasteiger partial charge in [-0.25, -0.2) is 0 Å². The number of rotatable bonds is 7. The van der Waals surface area contributed by atoms with Gasteiger partial charge in [0.2, 0.25) is 5.91 Å². The van der Waals surface area contributed by atoms with Gasteiger partial charge >= 0.3 is 0 Å². The molecule has 0 bridgehead atoms. The number of hydrogen-bond donors (Lipinski definition) is 2. The van der Waals surface area contributed by atoms with Crippen molar-refractivity contribution in [2.24, 2.45) is 0 Å². The molecule has 2 amide bonds. The third-order valence-electron chi connectivity index (χ3n) is 2.26. The van der Waals surface area contributed by atoms with Gasteiger partial charge in [0, 0.05) is 6.54 Å². The summed E-state index contributed by atoms with van der Waals surface area (Å²) >= 11 is 0. The monoisotopic (exact) mass is 253 g/mol. The molecule has 0 aromatic carbocycles. The van der Waals surface area contributed by atoms with Crippen molar-refractivity contribution in [3.63, 3.8) is 0 Å². The van der Waals surface area contributed by atoms with E-state index >= 15 is 0 Å². The lowest BCUT2D eigenvalue weighted by Crippen LogP contribution is -2.37. The van der Waals surface area contributed by atoms with Crippen molar-refractivity contribution in [3.8, 4) is 0 Å². The standard InChI is InChI=1S/C12H19N3O3/c1-15(2)7-4-6-13-11(16)9-14-12(17)10-5-3-8-18-10/h3,5,8H,4,6-7,9H2,1-2H3,(H,13,16)(H,14,17). The highest BCUT2D eigenvalue weighted by atomic mass is 16.3. The molecule has 100 valence electrons. The lowest BCUT2D eigenvalue weighted by atomic mass is 10.4. The van der Waals surface area contributed by atoms with Crippen molar-refractivity contribution in [1.82, 2.24) is 15.5 Å². The van der Waals surface area contributed by atoms with Crippen LogP contribution in [0.3, 0.4) is 0 Å². The number of carbonyl (C=O) groups excluding carboxylic acids is 2. The number of carbonyl (C=O) groups is 2. The topological polar surface area (TPSA) is 74.6 Å². The molecule has 0 radical (unpaired) electrons. The van der Waals surface area contributed by atoms with Crippen molar-refractivity contribution in [1.29, 1.82) is 0 Å². The van der Waals surface area contributed by atoms with Gasteiger partial charge in [0.15, 0.2) is 5.76 Å². The zero-order valence-electron chi connectivity index (χ0n) is 10.7. The van der Waals surface area contributed by atoms with Crippen LogP contribution in [0.5, 0.6) is 0 Å². The Morgan fingerprint density at radius 1 is 1.33 bits per heavy atom. The van der Waals surface area contributed by atoms with Crippen LogP contribution in [0.15, 0.2) is 22.8 Å². The molecule has 0 aliphatic rings. The van der Waals surface area contributed by atoms with E-state index in [2.05, 4.69) is 10.6 Å². The Hall–Kier alpha value is -1.82. The Labute approximate surface area is 106 Å². The highest BCUT2D eigenvalue weighted by molar-refractivity contribution is 5.94. The Kier molecular flexibility index (Phi) is 5.93. The summed E-state index contributed by atoms with van der Waals surface area (Å²) in [5.41, 5.74) is 0. The van der Waals surface area contributed by atoms with Gasteiger partial charge in [0.05, 0.1) is 12.8 Å². The molecule has 0 saturated heterocycles. The smallest absolute Gasteiger partial charge is 0.287 e. The van der Waals surface area contributed by atoms with Gasteiger partial charge in [-0.1, -0.05) is 0 Å². The summed E-state index contributed by atoms with van der Waals surface area (Å²) in [4.78, 5) is 24.9. The number of nitrogens with zero attached hydrogens (tertiary/aromatic N) is 1. The lowest BCUT2D eigenvalue weighted by Gasteiger charge is -2.10. The van der Waals surface area contributed by atoms with Gasteiger partial charge in [-0.05, 0) is 39.2 Å². The number of hydrogen-bond acceptors (Lipinski definition) is 4. The van der Waals surface area contributed by atoms with Gasteiger partial charge in [-0.15, -0.1) is 0 Å². The maximum Gasteiger partial charge on any atom is 0.287 e. The minimum atomic E-state index is -0.386. The second-order valence-corrected chi connectivity index (χ2v) is 4.17. The van der Waals surface area contributed by atoms with E-state index < -0.39 is 0 Å². The van der Waals surface area contributed by atoms with E-state index in [4.69, 9.17) is 4.42 Å². The molecular formula is C12H19N3O3. The molecule has 0 saturated carbocycles. The Bertz CT molecular complexity index is 374. The molecule has 0 aliphatic carbocycles. The second kappa shape index (κ2) is 7.50. The zero-order valence-corrected chi connectivity index (χ0v) is 10.7. The van der Waals surface area contributed by atoms with Crippen LogP contribution >= 0.6 is 0 Å². The number of nitrogens with one attached hydrogen (secondary N) is 2. The van der Waals surface area contributed by atoms with E-state index in [-0.39, 0.29) is 24.1 Å². The van der Waals surface area contributed by atoms with Gasteiger partial charge < -0.3 is 20.0 Å². The van der Waals surface area contributed by atoms with Crippen LogP contribution in [0.4, 0.5) is 0 Å². The number of amides is 2. The Morgan fingerprint density at radius 3 is 2.72 bits per heavy atom. The minimum absolute atomic E-state index is 0.0402. The molecule has 6 heteroatoms. The van der Waals surface area contributed by atoms with Crippen LogP contribution in [-0.4, -0.2) is 50.4 Å². The van der Waals surface area contributed by atoms with Gasteiger partial charge in [0.1, 0.15) is 0 Å². The predicted molar refractivity (Wildman–Crippen MR) is 67.2 cm³/mol. The molecule has 0 atom stereocenters. The van der Waals surface area contributed by atoms with Gasteiger partial charge in [-0.3, -0.25) is 9.59 Å². The van der Waals surface area contributed by atoms with Crippen LogP contribution in [0.25, 0.3) is 0 Å². The quantitative estimate of drug-likeness (QED) is 0.675. The summed E-state index contributed by atoms with van der Waals surface area (Å²) in [7, 11) is 3.96. The molecular weight excluding hydrogens is 234 g/mol. The average Bonchev–Trinajstić information content (AvgIpc) is 2.85. The third-order valence-corrected chi connectivity index (χ3v) is 2.26. The van der Waals surface area contributed by atoms with E-state index in [0.29, 0.717) is 6.54 Å². The van der Waals surface area contributed by atoms with Crippen LogP contribution < -0.4 is 10.6 Å². The molecule has 1 rings (SSSR count). The average molecular weight is 253 g/mol. The van der Waals surface area contributed by atoms with Crippen molar-refractivity contribution >= 4 is 11.8 Å². The zero-order chi connectivity index (χ0) is 13.4. The number of furan rings is 1. The lowest BCUT2D eigenvalue weighted by molar-refractivity contribution is -0.120. The van der Waals surface area contributed by atoms with Crippen molar-refractivity contribution < 1.29 is 14.0 Å². The molecule has 1 aromatic heterocycles. The van der Waals surface area contributed by atoms with E-state index in [1.165, 1.54) is 6.26 Å². The molecule has 1 aromatic rings. The van der Waals surface area contributed by atoms with Crippen LogP contribution in [0.2, 0.25) is 0 Å². The van der Waals surface area contributed by atoms with Crippen molar-refractivity contribution in [2.75, 3.05) is 33.7 Å². The Morgan fingerprint density at radius 2 is 2.11 bits per heavy atom. The van der Waals surface area contributed by atoms with E-state index in [0.717, 1.165) is 13.0 Å². The molecule has 0 fully saturated rings. The van der Waals surface area contributed by atoms with Crippen LogP contribution in [0.1, 0.15) is 17.0 Å². The maximum atomic E-state index is 11.4. The Balaban J connectivity index is 2.12. The molecule has 2 N–H and O–H groups in total. The first kappa shape index (κ1) is 14.2. The fourth-order valence-corrected chi connectivity index (χ4v) is 1.34. The molecule has 0 unspecified atom stereocenters. The van der Waals surface area contributed by atoms with Crippen LogP contribution in [-0.2, 0) is 4.79 Å². The summed E-state index contributed by atoms with van der Waals surface area (Å²) in [5, 5.41) is 5.21. The summed E-state index contributed by atoms with van der Waals surface area (Å²) in [6.45, 7) is 1.48. The van der Waals surface area contributed by atoms with Crippen molar-refractivity contribution in [3.05, 3.63) is 24.2 Å². The normalized spacial score (nSPS) is 10.4. The highest BCUT2D eigenvalue weighted by Gasteiger charge is 2.09. The van der Waals surface area contributed by atoms with E-state index in [1.54, 1.807) is 12.1 Å². The fourth-order valence-electron chi connectivity index (χ4n) is 1.34. The summed E-state index contributed by atoms with van der Waals surface area (Å²) < 4.78 is 4.90. The van der Waals surface area contributed by atoms with Gasteiger partial charge in [0.25, 0.3) is 5.91 Å². The molecule has 1 heterocycles. The fraction of sp³-hybridized carbons (Fsp3) is 0.500. The van der Waals surface area contributed by atoms with E-state index in [1.807, 2.05) is 19.0 Å². The molecule has 0 spiro atoms. The highest BCUT2D eigenvalue weighted by Crippen LogP contribution is 1.98. The first-order chi connectivity index (χ1) is 8.59. The van der Waals surface area contributed by atoms with Crippen LogP contribution in [0, 0.1) is 0 Å². The molecule has 6 nitrogen and oxygen atoms in total. The van der Waals surface area contributed by atoms with Gasteiger partial charge in [-0.2, -0.15) is 0 Å².